The molecule has 0 aliphatic carbocycles. The Balaban J connectivity index is 1.57. The fourth-order valence-corrected chi connectivity index (χ4v) is 3.70. The summed E-state index contributed by atoms with van der Waals surface area (Å²) in [6.45, 7) is 2.81. The molecule has 0 aliphatic rings. The normalized spacial score (nSPS) is 10.7. The highest BCUT2D eigenvalue weighted by atomic mass is 32.2. The van der Waals surface area contributed by atoms with E-state index in [4.69, 9.17) is 0 Å². The van der Waals surface area contributed by atoms with Crippen LogP contribution >= 0.6 is 23.1 Å². The number of amides is 1. The largest absolute Gasteiger partial charge is 0.360 e. The topological polar surface area (TPSA) is 66.9 Å². The lowest BCUT2D eigenvalue weighted by atomic mass is 10.1. The van der Waals surface area contributed by atoms with Crippen LogP contribution in [0.1, 0.15) is 6.92 Å². The fraction of sp³-hybridized carbons (Fsp3) is 0.188. The molecule has 0 saturated heterocycles. The summed E-state index contributed by atoms with van der Waals surface area (Å²) in [7, 11) is 0. The van der Waals surface area contributed by atoms with Gasteiger partial charge in [0, 0.05) is 12.2 Å². The maximum absolute atomic E-state index is 12.1. The number of carbonyl (C=O) groups is 1. The van der Waals surface area contributed by atoms with E-state index in [9.17, 15) is 4.79 Å². The molecule has 1 aromatic heterocycles. The van der Waals surface area contributed by atoms with Crippen molar-refractivity contribution in [1.29, 1.82) is 0 Å². The minimum absolute atomic E-state index is 0.0505. The van der Waals surface area contributed by atoms with Crippen molar-refractivity contribution in [3.8, 4) is 0 Å². The Morgan fingerprint density at radius 3 is 2.83 bits per heavy atom. The molecule has 0 unspecified atom stereocenters. The summed E-state index contributed by atoms with van der Waals surface area (Å²) in [5.74, 6) is 0.263. The van der Waals surface area contributed by atoms with Crippen molar-refractivity contribution in [2.24, 2.45) is 0 Å². The van der Waals surface area contributed by atoms with Gasteiger partial charge in [0.1, 0.15) is 0 Å². The lowest BCUT2D eigenvalue weighted by molar-refractivity contribution is -0.113. The molecule has 0 radical (unpaired) electrons. The molecule has 23 heavy (non-hydrogen) atoms. The maximum atomic E-state index is 12.1. The second kappa shape index (κ2) is 7.43. The highest BCUT2D eigenvalue weighted by Crippen LogP contribution is 2.25. The number of benzene rings is 2. The Morgan fingerprint density at radius 1 is 1.17 bits per heavy atom. The van der Waals surface area contributed by atoms with Crippen LogP contribution < -0.4 is 10.6 Å². The van der Waals surface area contributed by atoms with E-state index >= 15 is 0 Å². The zero-order valence-corrected chi connectivity index (χ0v) is 14.2. The van der Waals surface area contributed by atoms with Gasteiger partial charge < -0.3 is 10.6 Å². The average molecular weight is 344 g/mol. The zero-order valence-electron chi connectivity index (χ0n) is 12.6. The van der Waals surface area contributed by atoms with Gasteiger partial charge in [0.25, 0.3) is 0 Å². The second-order valence-electron chi connectivity index (χ2n) is 4.80. The number of nitrogens with one attached hydrogen (secondary N) is 2. The van der Waals surface area contributed by atoms with Gasteiger partial charge in [0.05, 0.1) is 5.75 Å². The van der Waals surface area contributed by atoms with Crippen LogP contribution in [0.2, 0.25) is 0 Å². The summed E-state index contributed by atoms with van der Waals surface area (Å²) in [6.07, 6.45) is 0. The Kier molecular flexibility index (Phi) is 5.09. The van der Waals surface area contributed by atoms with Gasteiger partial charge in [-0.05, 0) is 29.8 Å². The number of rotatable bonds is 6. The fourth-order valence-electron chi connectivity index (χ4n) is 2.08. The van der Waals surface area contributed by atoms with Crippen molar-refractivity contribution < 1.29 is 4.79 Å². The van der Waals surface area contributed by atoms with E-state index < -0.39 is 0 Å². The number of carbonyl (C=O) groups excluding carboxylic acids is 1. The van der Waals surface area contributed by atoms with E-state index in [-0.39, 0.29) is 5.91 Å². The molecule has 2 N–H and O–H groups in total. The number of thioether (sulfide) groups is 1. The number of fused-ring (bicyclic) bond motifs is 1. The minimum Gasteiger partial charge on any atom is -0.360 e. The minimum atomic E-state index is -0.0505. The average Bonchev–Trinajstić information content (AvgIpc) is 3.01. The molecule has 3 aromatic rings. The smallest absolute Gasteiger partial charge is 0.234 e. The van der Waals surface area contributed by atoms with Crippen LogP contribution in [0.4, 0.5) is 10.8 Å². The molecule has 0 fully saturated rings. The SMILES string of the molecule is CCNc1nnc(SCC(=O)Nc2ccc3ccccc3c2)s1. The van der Waals surface area contributed by atoms with Crippen molar-refractivity contribution in [2.45, 2.75) is 11.3 Å². The van der Waals surface area contributed by atoms with Crippen LogP contribution in [0.25, 0.3) is 10.8 Å². The number of nitrogens with zero attached hydrogens (tertiary/aromatic N) is 2. The zero-order chi connectivity index (χ0) is 16.1. The Hall–Kier alpha value is -2.12. The van der Waals surface area contributed by atoms with Gasteiger partial charge in [-0.2, -0.15) is 0 Å². The third-order valence-corrected chi connectivity index (χ3v) is 5.11. The molecule has 0 atom stereocenters. The molecule has 7 heteroatoms. The van der Waals surface area contributed by atoms with Crippen LogP contribution in [-0.4, -0.2) is 28.4 Å². The molecule has 0 spiro atoms. The van der Waals surface area contributed by atoms with Crippen LogP contribution in [0.3, 0.4) is 0 Å². The molecular weight excluding hydrogens is 328 g/mol. The van der Waals surface area contributed by atoms with E-state index in [1.54, 1.807) is 0 Å². The van der Waals surface area contributed by atoms with Gasteiger partial charge in [0.15, 0.2) is 4.34 Å². The molecule has 118 valence electrons. The first-order valence-electron chi connectivity index (χ1n) is 7.23. The third-order valence-electron chi connectivity index (χ3n) is 3.09. The second-order valence-corrected chi connectivity index (χ2v) is 7.00. The van der Waals surface area contributed by atoms with Crippen molar-refractivity contribution in [3.63, 3.8) is 0 Å². The van der Waals surface area contributed by atoms with Gasteiger partial charge in [-0.1, -0.05) is 53.4 Å². The summed E-state index contributed by atoms with van der Waals surface area (Å²) in [6, 6.07) is 14.0. The van der Waals surface area contributed by atoms with E-state index in [1.807, 2.05) is 49.4 Å². The Labute approximate surface area is 142 Å². The van der Waals surface area contributed by atoms with E-state index in [1.165, 1.54) is 23.1 Å². The first kappa shape index (κ1) is 15.8. The predicted molar refractivity (Wildman–Crippen MR) is 97.4 cm³/mol. The lowest BCUT2D eigenvalue weighted by Gasteiger charge is -2.05. The summed E-state index contributed by atoms with van der Waals surface area (Å²) in [4.78, 5) is 12.1. The molecule has 5 nitrogen and oxygen atoms in total. The molecule has 0 bridgehead atoms. The van der Waals surface area contributed by atoms with Gasteiger partial charge in [-0.25, -0.2) is 0 Å². The van der Waals surface area contributed by atoms with Crippen molar-refractivity contribution in [3.05, 3.63) is 42.5 Å². The number of hydrogen-bond donors (Lipinski definition) is 2. The molecule has 1 amide bonds. The standard InChI is InChI=1S/C16H16N4OS2/c1-2-17-15-19-20-16(23-15)22-10-14(21)18-13-8-7-11-5-3-4-6-12(11)9-13/h3-9H,2,10H2,1H3,(H,17,19)(H,18,21). The maximum Gasteiger partial charge on any atom is 0.234 e. The first-order chi connectivity index (χ1) is 11.2. The predicted octanol–water partition coefficient (Wildman–Crippen LogP) is 3.85. The lowest BCUT2D eigenvalue weighted by Crippen LogP contribution is -2.13. The molecular formula is C16H16N4OS2. The summed E-state index contributed by atoms with van der Waals surface area (Å²) in [5.41, 5.74) is 0.805. The highest BCUT2D eigenvalue weighted by Gasteiger charge is 2.08. The van der Waals surface area contributed by atoms with Crippen LogP contribution in [-0.2, 0) is 4.79 Å². The molecule has 2 aromatic carbocycles. The summed E-state index contributed by atoms with van der Waals surface area (Å²) >= 11 is 2.85. The van der Waals surface area contributed by atoms with E-state index in [2.05, 4.69) is 20.8 Å². The number of hydrogen-bond acceptors (Lipinski definition) is 6. The van der Waals surface area contributed by atoms with Crippen molar-refractivity contribution >= 4 is 50.6 Å². The van der Waals surface area contributed by atoms with Gasteiger partial charge >= 0.3 is 0 Å². The van der Waals surface area contributed by atoms with Crippen molar-refractivity contribution in [1.82, 2.24) is 10.2 Å². The first-order valence-corrected chi connectivity index (χ1v) is 9.03. The van der Waals surface area contributed by atoms with Crippen LogP contribution in [0.15, 0.2) is 46.8 Å². The van der Waals surface area contributed by atoms with Gasteiger partial charge in [0.2, 0.25) is 11.0 Å². The van der Waals surface area contributed by atoms with Gasteiger partial charge in [-0.3, -0.25) is 4.79 Å². The number of aromatic nitrogens is 2. The quantitative estimate of drug-likeness (QED) is 0.665. The summed E-state index contributed by atoms with van der Waals surface area (Å²) < 4.78 is 0.787. The molecule has 0 aliphatic heterocycles. The van der Waals surface area contributed by atoms with Gasteiger partial charge in [-0.15, -0.1) is 10.2 Å². The monoisotopic (exact) mass is 344 g/mol. The summed E-state index contributed by atoms with van der Waals surface area (Å²) in [5, 5.41) is 17.1. The third kappa shape index (κ3) is 4.20. The van der Waals surface area contributed by atoms with Crippen LogP contribution in [0, 0.1) is 0 Å². The molecule has 3 rings (SSSR count). The Bertz CT molecular complexity index is 818. The molecule has 1 heterocycles. The molecule has 0 saturated carbocycles. The van der Waals surface area contributed by atoms with E-state index in [0.29, 0.717) is 5.75 Å². The van der Waals surface area contributed by atoms with Crippen molar-refractivity contribution in [2.75, 3.05) is 22.9 Å². The van der Waals surface area contributed by atoms with Crippen LogP contribution in [0.5, 0.6) is 0 Å². The Morgan fingerprint density at radius 2 is 2.00 bits per heavy atom. The van der Waals surface area contributed by atoms with E-state index in [0.717, 1.165) is 32.5 Å². The highest BCUT2D eigenvalue weighted by molar-refractivity contribution is 8.01. The number of anilines is 2.